The van der Waals surface area contributed by atoms with Gasteiger partial charge in [-0.25, -0.2) is 0 Å². The second-order valence-electron chi connectivity index (χ2n) is 10.8. The zero-order valence-corrected chi connectivity index (χ0v) is 18.2. The first kappa shape index (κ1) is 19.5. The molecule has 4 heteroatoms. The van der Waals surface area contributed by atoms with Crippen LogP contribution in [0.2, 0.25) is 0 Å². The summed E-state index contributed by atoms with van der Waals surface area (Å²) in [7, 11) is 0. The molecule has 7 unspecified atom stereocenters. The van der Waals surface area contributed by atoms with Crippen LogP contribution >= 0.6 is 0 Å². The molecule has 29 heavy (non-hydrogen) atoms. The monoisotopic (exact) mass is 396 g/mol. The van der Waals surface area contributed by atoms with Gasteiger partial charge in [-0.1, -0.05) is 13.8 Å². The number of aliphatic hydroxyl groups excluding tert-OH is 1. The molecule has 158 valence electrons. The number of Topliss-reactive ketones (excluding diaryl/α,β-unsaturated/α-hetero) is 1. The highest BCUT2D eigenvalue weighted by molar-refractivity contribution is 6.05. The molecule has 1 heterocycles. The summed E-state index contributed by atoms with van der Waals surface area (Å²) in [5, 5.41) is 14.6. The number of allylic oxidation sites excluding steroid dienone is 1. The Morgan fingerprint density at radius 3 is 2.83 bits per heavy atom. The number of hydrogen-bond acceptors (Lipinski definition) is 3. The lowest BCUT2D eigenvalue weighted by molar-refractivity contribution is -0.141. The number of ketones is 1. The number of rotatable bonds is 2. The van der Waals surface area contributed by atoms with E-state index in [-0.39, 0.29) is 11.5 Å². The third kappa shape index (κ3) is 2.81. The number of fused-ring (bicyclic) bond motifs is 5. The SMILES string of the molecule is CCn1nccc1C=C1CC2C3CCC4CC(O)CCC4(C)C3CCC2(C)C1=O. The summed E-state index contributed by atoms with van der Waals surface area (Å²) >= 11 is 0. The van der Waals surface area contributed by atoms with Gasteiger partial charge in [-0.3, -0.25) is 9.48 Å². The fourth-order valence-corrected chi connectivity index (χ4v) is 7.94. The lowest BCUT2D eigenvalue weighted by Gasteiger charge is -2.59. The molecule has 0 spiro atoms. The van der Waals surface area contributed by atoms with E-state index >= 15 is 0 Å². The molecular weight excluding hydrogens is 360 g/mol. The van der Waals surface area contributed by atoms with Crippen molar-refractivity contribution in [3.8, 4) is 0 Å². The molecule has 4 nitrogen and oxygen atoms in total. The first-order chi connectivity index (χ1) is 13.9. The predicted molar refractivity (Wildman–Crippen MR) is 114 cm³/mol. The van der Waals surface area contributed by atoms with Gasteiger partial charge < -0.3 is 5.11 Å². The number of hydrogen-bond donors (Lipinski definition) is 1. The molecular formula is C25H36N2O2. The van der Waals surface area contributed by atoms with E-state index in [4.69, 9.17) is 0 Å². The molecule has 0 aromatic carbocycles. The van der Waals surface area contributed by atoms with Crippen molar-refractivity contribution in [1.82, 2.24) is 9.78 Å². The number of aromatic nitrogens is 2. The van der Waals surface area contributed by atoms with Gasteiger partial charge in [-0.2, -0.15) is 5.10 Å². The van der Waals surface area contributed by atoms with Crippen molar-refractivity contribution < 1.29 is 9.90 Å². The average Bonchev–Trinajstić information content (AvgIpc) is 3.25. The van der Waals surface area contributed by atoms with Crippen molar-refractivity contribution in [3.63, 3.8) is 0 Å². The molecule has 0 bridgehead atoms. The van der Waals surface area contributed by atoms with E-state index in [0.717, 1.165) is 55.8 Å². The van der Waals surface area contributed by atoms with E-state index in [2.05, 4.69) is 31.9 Å². The van der Waals surface area contributed by atoms with Gasteiger partial charge in [0, 0.05) is 18.2 Å². The lowest BCUT2D eigenvalue weighted by Crippen LogP contribution is -2.54. The van der Waals surface area contributed by atoms with Gasteiger partial charge in [0.2, 0.25) is 0 Å². The van der Waals surface area contributed by atoms with Crippen LogP contribution in [0.5, 0.6) is 0 Å². The van der Waals surface area contributed by atoms with Gasteiger partial charge in [-0.15, -0.1) is 0 Å². The molecule has 4 fully saturated rings. The molecule has 5 rings (SSSR count). The first-order valence-corrected chi connectivity index (χ1v) is 11.8. The molecule has 0 saturated heterocycles. The smallest absolute Gasteiger partial charge is 0.165 e. The summed E-state index contributed by atoms with van der Waals surface area (Å²) < 4.78 is 1.98. The second-order valence-corrected chi connectivity index (χ2v) is 10.8. The topological polar surface area (TPSA) is 55.1 Å². The molecule has 1 aromatic heterocycles. The van der Waals surface area contributed by atoms with Crippen LogP contribution < -0.4 is 0 Å². The first-order valence-electron chi connectivity index (χ1n) is 11.8. The second kappa shape index (κ2) is 6.80. The Labute approximate surface area is 174 Å². The third-order valence-corrected chi connectivity index (χ3v) is 9.65. The Morgan fingerprint density at radius 2 is 2.03 bits per heavy atom. The molecule has 0 amide bonds. The van der Waals surface area contributed by atoms with E-state index in [1.165, 1.54) is 19.3 Å². The fourth-order valence-electron chi connectivity index (χ4n) is 7.94. The zero-order valence-electron chi connectivity index (χ0n) is 18.2. The van der Waals surface area contributed by atoms with Crippen LogP contribution in [0.25, 0.3) is 6.08 Å². The Morgan fingerprint density at radius 1 is 1.21 bits per heavy atom. The van der Waals surface area contributed by atoms with E-state index in [1.54, 1.807) is 0 Å². The van der Waals surface area contributed by atoms with Crippen LogP contribution in [0, 0.1) is 34.5 Å². The maximum atomic E-state index is 13.5. The lowest BCUT2D eigenvalue weighted by atomic mass is 9.45. The van der Waals surface area contributed by atoms with Crippen molar-refractivity contribution in [1.29, 1.82) is 0 Å². The summed E-state index contributed by atoms with van der Waals surface area (Å²) in [6.45, 7) is 7.69. The highest BCUT2D eigenvalue weighted by Crippen LogP contribution is 2.66. The summed E-state index contributed by atoms with van der Waals surface area (Å²) in [5.41, 5.74) is 2.27. The Bertz CT molecular complexity index is 842. The molecule has 7 atom stereocenters. The summed E-state index contributed by atoms with van der Waals surface area (Å²) in [6, 6.07) is 2.02. The quantitative estimate of drug-likeness (QED) is 0.726. The molecule has 4 aliphatic carbocycles. The van der Waals surface area contributed by atoms with Gasteiger partial charge in [0.15, 0.2) is 5.78 Å². The molecule has 0 radical (unpaired) electrons. The van der Waals surface area contributed by atoms with Crippen molar-refractivity contribution in [2.24, 2.45) is 34.5 Å². The molecule has 4 saturated carbocycles. The molecule has 0 aliphatic heterocycles. The molecule has 4 aliphatic rings. The minimum Gasteiger partial charge on any atom is -0.393 e. The molecule has 1 aromatic rings. The Hall–Kier alpha value is -1.42. The van der Waals surface area contributed by atoms with Gasteiger partial charge in [0.1, 0.15) is 0 Å². The van der Waals surface area contributed by atoms with Crippen molar-refractivity contribution in [2.75, 3.05) is 0 Å². The predicted octanol–water partition coefficient (Wildman–Crippen LogP) is 4.87. The largest absolute Gasteiger partial charge is 0.393 e. The summed E-state index contributed by atoms with van der Waals surface area (Å²) in [5.74, 6) is 2.94. The van der Waals surface area contributed by atoms with Crippen LogP contribution in [0.3, 0.4) is 0 Å². The number of nitrogens with zero attached hydrogens (tertiary/aromatic N) is 2. The highest BCUT2D eigenvalue weighted by atomic mass is 16.3. The number of aryl methyl sites for hydroxylation is 1. The third-order valence-electron chi connectivity index (χ3n) is 9.65. The van der Waals surface area contributed by atoms with Gasteiger partial charge in [0.05, 0.1) is 11.8 Å². The highest BCUT2D eigenvalue weighted by Gasteiger charge is 2.61. The minimum atomic E-state index is -0.179. The fraction of sp³-hybridized carbons (Fsp3) is 0.760. The van der Waals surface area contributed by atoms with Crippen LogP contribution in [0.4, 0.5) is 0 Å². The molecule has 1 N–H and O–H groups in total. The minimum absolute atomic E-state index is 0.0931. The van der Waals surface area contributed by atoms with Crippen LogP contribution in [-0.2, 0) is 11.3 Å². The number of aliphatic hydroxyl groups is 1. The number of carbonyl (C=O) groups is 1. The standard InChI is InChI=1S/C25H36N2O2/c1-4-27-18(9-12-26-27)13-16-14-22-20-6-5-17-15-19(28)7-10-24(17,2)21(20)8-11-25(22,3)23(16)29/h9,12-13,17,19-22,28H,4-8,10-11,14-15H2,1-3H3. The zero-order chi connectivity index (χ0) is 20.4. The van der Waals surface area contributed by atoms with Gasteiger partial charge >= 0.3 is 0 Å². The van der Waals surface area contributed by atoms with Crippen molar-refractivity contribution in [3.05, 3.63) is 23.5 Å². The van der Waals surface area contributed by atoms with Gasteiger partial charge in [-0.05, 0) is 105 Å². The van der Waals surface area contributed by atoms with Crippen molar-refractivity contribution >= 4 is 11.9 Å². The van der Waals surface area contributed by atoms with Crippen LogP contribution in [-0.4, -0.2) is 26.8 Å². The maximum Gasteiger partial charge on any atom is 0.165 e. The van der Waals surface area contributed by atoms with E-state index in [1.807, 2.05) is 16.9 Å². The van der Waals surface area contributed by atoms with E-state index in [9.17, 15) is 9.90 Å². The maximum absolute atomic E-state index is 13.5. The van der Waals surface area contributed by atoms with Crippen LogP contribution in [0.15, 0.2) is 17.8 Å². The van der Waals surface area contributed by atoms with E-state index < -0.39 is 0 Å². The summed E-state index contributed by atoms with van der Waals surface area (Å²) in [6.07, 6.45) is 12.6. The van der Waals surface area contributed by atoms with Crippen molar-refractivity contribution in [2.45, 2.75) is 84.8 Å². The van der Waals surface area contributed by atoms with Crippen LogP contribution in [0.1, 0.15) is 77.8 Å². The normalized spacial score (nSPS) is 45.7. The Balaban J connectivity index is 1.45. The number of carbonyl (C=O) groups excluding carboxylic acids is 1. The van der Waals surface area contributed by atoms with E-state index in [0.29, 0.717) is 29.0 Å². The Kier molecular flexibility index (Phi) is 4.58. The van der Waals surface area contributed by atoms with Gasteiger partial charge in [0.25, 0.3) is 0 Å². The summed E-state index contributed by atoms with van der Waals surface area (Å²) in [4.78, 5) is 13.5. The average molecular weight is 397 g/mol.